The van der Waals surface area contributed by atoms with Gasteiger partial charge in [-0.05, 0) is 31.4 Å². The molecule has 1 heterocycles. The molecule has 0 atom stereocenters. The smallest absolute Gasteiger partial charge is 0.254 e. The highest BCUT2D eigenvalue weighted by Gasteiger charge is 2.26. The third-order valence-corrected chi connectivity index (χ3v) is 3.76. The lowest BCUT2D eigenvalue weighted by Crippen LogP contribution is -2.26. The van der Waals surface area contributed by atoms with Crippen molar-refractivity contribution < 1.29 is 4.79 Å². The first-order chi connectivity index (χ1) is 9.70. The predicted octanol–water partition coefficient (Wildman–Crippen LogP) is 2.98. The van der Waals surface area contributed by atoms with Crippen molar-refractivity contribution in [3.63, 3.8) is 0 Å². The standard InChI is InChI=1S/C15H16ClN3O/c1-2-13-11(15(20)18-10-7-8-10)9-17-19(13)14-6-4-3-5-12(14)16/h3-6,9-10H,2,7-8H2,1H3,(H,18,20). The highest BCUT2D eigenvalue weighted by Crippen LogP contribution is 2.24. The highest BCUT2D eigenvalue weighted by molar-refractivity contribution is 6.32. The van der Waals surface area contributed by atoms with Crippen LogP contribution in [0, 0.1) is 0 Å². The number of carbonyl (C=O) groups is 1. The van der Waals surface area contributed by atoms with Gasteiger partial charge in [-0.3, -0.25) is 4.79 Å². The van der Waals surface area contributed by atoms with Gasteiger partial charge in [0.1, 0.15) is 0 Å². The zero-order valence-corrected chi connectivity index (χ0v) is 12.0. The molecule has 1 fully saturated rings. The summed E-state index contributed by atoms with van der Waals surface area (Å²) >= 11 is 6.21. The maximum atomic E-state index is 12.2. The maximum Gasteiger partial charge on any atom is 0.254 e. The van der Waals surface area contributed by atoms with E-state index in [0.29, 0.717) is 16.6 Å². The number of benzene rings is 1. The molecule has 104 valence electrons. The van der Waals surface area contributed by atoms with Gasteiger partial charge in [0.2, 0.25) is 0 Å². The summed E-state index contributed by atoms with van der Waals surface area (Å²) in [5, 5.41) is 7.96. The van der Waals surface area contributed by atoms with Crippen LogP contribution in [0.1, 0.15) is 35.8 Å². The Kier molecular flexibility index (Phi) is 3.49. The minimum absolute atomic E-state index is 0.0392. The molecule has 3 rings (SSSR count). The molecule has 1 aromatic heterocycles. The fraction of sp³-hybridized carbons (Fsp3) is 0.333. The molecule has 2 aromatic rings. The predicted molar refractivity (Wildman–Crippen MR) is 78.4 cm³/mol. The number of carbonyl (C=O) groups excluding carboxylic acids is 1. The molecule has 20 heavy (non-hydrogen) atoms. The zero-order chi connectivity index (χ0) is 14.1. The summed E-state index contributed by atoms with van der Waals surface area (Å²) in [6.07, 6.45) is 4.50. The van der Waals surface area contributed by atoms with E-state index in [0.717, 1.165) is 30.6 Å². The van der Waals surface area contributed by atoms with Crippen molar-refractivity contribution in [1.82, 2.24) is 15.1 Å². The van der Waals surface area contributed by atoms with Crippen molar-refractivity contribution >= 4 is 17.5 Å². The van der Waals surface area contributed by atoms with E-state index in [1.54, 1.807) is 10.9 Å². The van der Waals surface area contributed by atoms with Gasteiger partial charge < -0.3 is 5.32 Å². The number of rotatable bonds is 4. The fourth-order valence-electron chi connectivity index (χ4n) is 2.23. The van der Waals surface area contributed by atoms with E-state index in [-0.39, 0.29) is 5.91 Å². The number of amides is 1. The van der Waals surface area contributed by atoms with Crippen LogP contribution in [0.15, 0.2) is 30.5 Å². The Morgan fingerprint density at radius 1 is 1.45 bits per heavy atom. The minimum Gasteiger partial charge on any atom is -0.349 e. The van der Waals surface area contributed by atoms with Crippen LogP contribution in [0.5, 0.6) is 0 Å². The van der Waals surface area contributed by atoms with Gasteiger partial charge in [-0.15, -0.1) is 0 Å². The van der Waals surface area contributed by atoms with Crippen molar-refractivity contribution in [1.29, 1.82) is 0 Å². The van der Waals surface area contributed by atoms with Crippen LogP contribution in [0.2, 0.25) is 5.02 Å². The van der Waals surface area contributed by atoms with Gasteiger partial charge in [-0.2, -0.15) is 5.10 Å². The Morgan fingerprint density at radius 3 is 2.85 bits per heavy atom. The van der Waals surface area contributed by atoms with Crippen LogP contribution in [0.25, 0.3) is 5.69 Å². The van der Waals surface area contributed by atoms with Crippen LogP contribution in [-0.4, -0.2) is 21.7 Å². The molecule has 0 saturated heterocycles. The second kappa shape index (κ2) is 5.29. The summed E-state index contributed by atoms with van der Waals surface area (Å²) in [4.78, 5) is 12.2. The molecule has 1 aliphatic rings. The van der Waals surface area contributed by atoms with Crippen LogP contribution in [0.4, 0.5) is 0 Å². The monoisotopic (exact) mass is 289 g/mol. The largest absolute Gasteiger partial charge is 0.349 e. The first-order valence-corrected chi connectivity index (χ1v) is 7.21. The maximum absolute atomic E-state index is 12.2. The van der Waals surface area contributed by atoms with Crippen LogP contribution in [-0.2, 0) is 6.42 Å². The number of para-hydroxylation sites is 1. The number of nitrogens with zero attached hydrogens (tertiary/aromatic N) is 2. The number of nitrogens with one attached hydrogen (secondary N) is 1. The summed E-state index contributed by atoms with van der Waals surface area (Å²) in [7, 11) is 0. The molecule has 4 nitrogen and oxygen atoms in total. The topological polar surface area (TPSA) is 46.9 Å². The Balaban J connectivity index is 1.98. The van der Waals surface area contributed by atoms with Crippen molar-refractivity contribution in [2.24, 2.45) is 0 Å². The normalized spacial score (nSPS) is 14.3. The third kappa shape index (κ3) is 2.43. The van der Waals surface area contributed by atoms with Crippen molar-refractivity contribution in [2.75, 3.05) is 0 Å². The summed E-state index contributed by atoms with van der Waals surface area (Å²) in [6.45, 7) is 2.01. The highest BCUT2D eigenvalue weighted by atomic mass is 35.5. The molecule has 0 unspecified atom stereocenters. The van der Waals surface area contributed by atoms with E-state index in [1.807, 2.05) is 31.2 Å². The van der Waals surface area contributed by atoms with Crippen LogP contribution in [0.3, 0.4) is 0 Å². The van der Waals surface area contributed by atoms with Gasteiger partial charge in [0, 0.05) is 6.04 Å². The molecule has 1 aromatic carbocycles. The van der Waals surface area contributed by atoms with Crippen molar-refractivity contribution in [2.45, 2.75) is 32.2 Å². The summed E-state index contributed by atoms with van der Waals surface area (Å²) in [5.41, 5.74) is 2.33. The van der Waals surface area contributed by atoms with E-state index in [4.69, 9.17) is 11.6 Å². The molecule has 0 aliphatic heterocycles. The van der Waals surface area contributed by atoms with E-state index >= 15 is 0 Å². The van der Waals surface area contributed by atoms with Gasteiger partial charge in [-0.1, -0.05) is 30.7 Å². The Bertz CT molecular complexity index is 646. The van der Waals surface area contributed by atoms with Crippen LogP contribution >= 0.6 is 11.6 Å². The molecule has 0 radical (unpaired) electrons. The quantitative estimate of drug-likeness (QED) is 0.940. The van der Waals surface area contributed by atoms with Gasteiger partial charge in [0.15, 0.2) is 0 Å². The zero-order valence-electron chi connectivity index (χ0n) is 11.3. The number of hydrogen-bond acceptors (Lipinski definition) is 2. The van der Waals surface area contributed by atoms with Gasteiger partial charge in [0.05, 0.1) is 28.2 Å². The van der Waals surface area contributed by atoms with Gasteiger partial charge in [0.25, 0.3) is 5.91 Å². The lowest BCUT2D eigenvalue weighted by atomic mass is 10.2. The Labute approximate surface area is 122 Å². The fourth-order valence-corrected chi connectivity index (χ4v) is 2.44. The molecule has 1 amide bonds. The summed E-state index contributed by atoms with van der Waals surface area (Å²) in [6, 6.07) is 7.85. The van der Waals surface area contributed by atoms with Crippen molar-refractivity contribution in [3.05, 3.63) is 46.7 Å². The average molecular weight is 290 g/mol. The van der Waals surface area contributed by atoms with Crippen molar-refractivity contribution in [3.8, 4) is 5.69 Å². The SMILES string of the molecule is CCc1c(C(=O)NC2CC2)cnn1-c1ccccc1Cl. The molecular formula is C15H16ClN3O. The second-order valence-corrected chi connectivity index (χ2v) is 5.38. The molecule has 1 aliphatic carbocycles. The molecule has 1 N–H and O–H groups in total. The van der Waals surface area contributed by atoms with E-state index in [9.17, 15) is 4.79 Å². The summed E-state index contributed by atoms with van der Waals surface area (Å²) in [5.74, 6) is -0.0392. The molecule has 0 spiro atoms. The van der Waals surface area contributed by atoms with E-state index in [1.165, 1.54) is 0 Å². The first-order valence-electron chi connectivity index (χ1n) is 6.83. The van der Waals surface area contributed by atoms with Crippen LogP contribution < -0.4 is 5.32 Å². The summed E-state index contributed by atoms with van der Waals surface area (Å²) < 4.78 is 1.75. The second-order valence-electron chi connectivity index (χ2n) is 4.97. The number of aromatic nitrogens is 2. The Hall–Kier alpha value is -1.81. The van der Waals surface area contributed by atoms with Gasteiger partial charge >= 0.3 is 0 Å². The van der Waals surface area contributed by atoms with E-state index in [2.05, 4.69) is 10.4 Å². The minimum atomic E-state index is -0.0392. The molecule has 5 heteroatoms. The first kappa shape index (κ1) is 13.2. The molecule has 0 bridgehead atoms. The lowest BCUT2D eigenvalue weighted by Gasteiger charge is -2.09. The number of halogens is 1. The average Bonchev–Trinajstić information content (AvgIpc) is 3.15. The number of hydrogen-bond donors (Lipinski definition) is 1. The molecular weight excluding hydrogens is 274 g/mol. The van der Waals surface area contributed by atoms with Gasteiger partial charge in [-0.25, -0.2) is 4.68 Å². The lowest BCUT2D eigenvalue weighted by molar-refractivity contribution is 0.0950. The van der Waals surface area contributed by atoms with E-state index < -0.39 is 0 Å². The third-order valence-electron chi connectivity index (χ3n) is 3.44. The Morgan fingerprint density at radius 2 is 2.20 bits per heavy atom. The molecule has 1 saturated carbocycles.